The van der Waals surface area contributed by atoms with Gasteiger partial charge in [0.1, 0.15) is 30.2 Å². The van der Waals surface area contributed by atoms with Gasteiger partial charge >= 0.3 is 0 Å². The molecule has 0 spiro atoms. The lowest BCUT2D eigenvalue weighted by Gasteiger charge is -2.40. The van der Waals surface area contributed by atoms with Gasteiger partial charge in [0.2, 0.25) is 6.29 Å². The summed E-state index contributed by atoms with van der Waals surface area (Å²) in [6, 6.07) is 0. The maximum Gasteiger partial charge on any atom is 0.229 e. The largest absolute Gasteiger partial charge is 0.507 e. The second-order valence-electron chi connectivity index (χ2n) is 6.66. The van der Waals surface area contributed by atoms with Crippen molar-refractivity contribution < 1.29 is 40.1 Å². The minimum atomic E-state index is -1.59. The molecule has 0 aliphatic carbocycles. The number of aliphatic hydroxyl groups excluding tert-OH is 4. The van der Waals surface area contributed by atoms with Crippen LogP contribution in [-0.2, 0) is 4.74 Å². The van der Waals surface area contributed by atoms with E-state index in [1.54, 1.807) is 6.92 Å². The molecule has 142 valence electrons. The molecule has 0 bridgehead atoms. The number of hydrogen-bond acceptors (Lipinski definition) is 8. The fraction of sp³-hybridized carbons (Fsp3) is 0.647. The van der Waals surface area contributed by atoms with Gasteiger partial charge in [-0.05, 0) is 25.3 Å². The van der Waals surface area contributed by atoms with E-state index in [0.29, 0.717) is 11.1 Å². The van der Waals surface area contributed by atoms with Crippen LogP contribution < -0.4 is 4.74 Å². The average molecular weight is 358 g/mol. The van der Waals surface area contributed by atoms with Crippen molar-refractivity contribution in [3.05, 3.63) is 16.7 Å². The zero-order valence-electron chi connectivity index (χ0n) is 14.7. The van der Waals surface area contributed by atoms with Crippen molar-refractivity contribution in [3.63, 3.8) is 0 Å². The molecule has 1 heterocycles. The van der Waals surface area contributed by atoms with E-state index in [9.17, 15) is 30.6 Å². The van der Waals surface area contributed by atoms with E-state index in [4.69, 9.17) is 9.47 Å². The number of phenolic OH excluding ortho intramolecular Hbond substituents is 2. The van der Waals surface area contributed by atoms with Crippen LogP contribution in [0.4, 0.5) is 0 Å². The number of aromatic hydroxyl groups is 2. The molecule has 8 nitrogen and oxygen atoms in total. The minimum Gasteiger partial charge on any atom is -0.507 e. The zero-order chi connectivity index (χ0) is 19.0. The fourth-order valence-corrected chi connectivity index (χ4v) is 3.08. The second-order valence-corrected chi connectivity index (χ2v) is 6.66. The number of rotatable bonds is 4. The average Bonchev–Trinajstić information content (AvgIpc) is 2.57. The number of phenols is 2. The topological polar surface area (TPSA) is 140 Å². The Morgan fingerprint density at radius 2 is 1.56 bits per heavy atom. The molecule has 0 radical (unpaired) electrons. The Balaban J connectivity index is 2.46. The molecule has 1 aromatic rings. The van der Waals surface area contributed by atoms with E-state index in [-0.39, 0.29) is 28.7 Å². The van der Waals surface area contributed by atoms with Crippen molar-refractivity contribution >= 4 is 0 Å². The Bertz CT molecular complexity index is 628. The summed E-state index contributed by atoms with van der Waals surface area (Å²) in [5.41, 5.74) is 1.25. The Hall–Kier alpha value is -1.58. The van der Waals surface area contributed by atoms with Crippen LogP contribution in [0.1, 0.15) is 36.5 Å². The SMILES string of the molecule is Cc1c(O)c(C)c(C(C)C)c(O[C@@H]2O[C@H](CO)[C@@H](O)[C@H](O)[C@H]2O)c1O. The highest BCUT2D eigenvalue weighted by molar-refractivity contribution is 5.62. The van der Waals surface area contributed by atoms with Crippen molar-refractivity contribution in [2.24, 2.45) is 0 Å². The molecular formula is C17H26O8. The summed E-state index contributed by atoms with van der Waals surface area (Å²) in [7, 11) is 0. The number of benzene rings is 1. The van der Waals surface area contributed by atoms with Gasteiger partial charge in [0.15, 0.2) is 11.5 Å². The minimum absolute atomic E-state index is 0.0205. The lowest BCUT2D eigenvalue weighted by molar-refractivity contribution is -0.277. The van der Waals surface area contributed by atoms with Crippen molar-refractivity contribution in [3.8, 4) is 17.2 Å². The smallest absolute Gasteiger partial charge is 0.229 e. The van der Waals surface area contributed by atoms with Gasteiger partial charge in [0, 0.05) is 11.1 Å². The van der Waals surface area contributed by atoms with E-state index in [0.717, 1.165) is 0 Å². The molecule has 8 heteroatoms. The third-order valence-electron chi connectivity index (χ3n) is 4.59. The van der Waals surface area contributed by atoms with E-state index >= 15 is 0 Å². The maximum absolute atomic E-state index is 10.4. The molecule has 0 unspecified atom stereocenters. The molecule has 1 saturated heterocycles. The summed E-state index contributed by atoms with van der Waals surface area (Å²) >= 11 is 0. The monoisotopic (exact) mass is 358 g/mol. The highest BCUT2D eigenvalue weighted by Gasteiger charge is 2.45. The summed E-state index contributed by atoms with van der Waals surface area (Å²) < 4.78 is 11.0. The zero-order valence-corrected chi connectivity index (χ0v) is 14.7. The summed E-state index contributed by atoms with van der Waals surface area (Å²) in [4.78, 5) is 0. The molecule has 0 amide bonds. The van der Waals surface area contributed by atoms with Gasteiger partial charge in [0.05, 0.1) is 6.61 Å². The van der Waals surface area contributed by atoms with Gasteiger partial charge < -0.3 is 40.1 Å². The third-order valence-corrected chi connectivity index (χ3v) is 4.59. The van der Waals surface area contributed by atoms with Gasteiger partial charge in [-0.1, -0.05) is 13.8 Å². The Morgan fingerprint density at radius 1 is 0.960 bits per heavy atom. The van der Waals surface area contributed by atoms with Gasteiger partial charge in [-0.25, -0.2) is 0 Å². The highest BCUT2D eigenvalue weighted by atomic mass is 16.7. The van der Waals surface area contributed by atoms with Gasteiger partial charge in [-0.15, -0.1) is 0 Å². The molecule has 6 N–H and O–H groups in total. The highest BCUT2D eigenvalue weighted by Crippen LogP contribution is 2.46. The first-order chi connectivity index (χ1) is 11.6. The molecular weight excluding hydrogens is 332 g/mol. The van der Waals surface area contributed by atoms with Gasteiger partial charge in [-0.3, -0.25) is 0 Å². The third kappa shape index (κ3) is 3.40. The normalized spacial score (nSPS) is 29.9. The van der Waals surface area contributed by atoms with E-state index in [1.807, 2.05) is 13.8 Å². The first-order valence-electron chi connectivity index (χ1n) is 8.13. The van der Waals surface area contributed by atoms with Crippen molar-refractivity contribution in [1.29, 1.82) is 0 Å². The standard InChI is InChI=1S/C17H26O8/c1-6(2)10-7(3)11(19)8(4)12(20)16(10)25-17-15(23)14(22)13(21)9(5-18)24-17/h6,9,13-15,17-23H,5H2,1-4H3/t9-,13-,14+,15-,17+/m1/s1. The summed E-state index contributed by atoms with van der Waals surface area (Å²) in [6.07, 6.45) is -7.21. The maximum atomic E-state index is 10.4. The van der Waals surface area contributed by atoms with Gasteiger partial charge in [0.25, 0.3) is 0 Å². The number of ether oxygens (including phenoxy) is 2. The molecule has 1 fully saturated rings. The molecule has 1 aromatic carbocycles. The lowest BCUT2D eigenvalue weighted by Crippen LogP contribution is -2.60. The van der Waals surface area contributed by atoms with Crippen LogP contribution in [0.2, 0.25) is 0 Å². The molecule has 2 rings (SSSR count). The molecule has 1 aliphatic rings. The van der Waals surface area contributed by atoms with Crippen LogP contribution in [0.3, 0.4) is 0 Å². The predicted octanol–water partition coefficient (Wildman–Crippen LogP) is 0.0167. The lowest BCUT2D eigenvalue weighted by atomic mass is 9.93. The van der Waals surface area contributed by atoms with E-state index in [2.05, 4.69) is 0 Å². The molecule has 5 atom stereocenters. The first-order valence-corrected chi connectivity index (χ1v) is 8.13. The van der Waals surface area contributed by atoms with Gasteiger partial charge in [-0.2, -0.15) is 0 Å². The molecule has 1 aliphatic heterocycles. The van der Waals surface area contributed by atoms with Crippen LogP contribution in [0, 0.1) is 13.8 Å². The number of aliphatic hydroxyl groups is 4. The van der Waals surface area contributed by atoms with E-state index < -0.39 is 37.3 Å². The summed E-state index contributed by atoms with van der Waals surface area (Å²) in [6.45, 7) is 6.30. The first kappa shape index (κ1) is 19.7. The Morgan fingerprint density at radius 3 is 2.08 bits per heavy atom. The van der Waals surface area contributed by atoms with Crippen molar-refractivity contribution in [1.82, 2.24) is 0 Å². The van der Waals surface area contributed by atoms with E-state index in [1.165, 1.54) is 6.92 Å². The Kier molecular flexibility index (Phi) is 5.80. The second kappa shape index (κ2) is 7.35. The summed E-state index contributed by atoms with van der Waals surface area (Å²) in [5.74, 6) is -0.462. The molecule has 0 saturated carbocycles. The van der Waals surface area contributed by atoms with Crippen LogP contribution in [-0.4, -0.2) is 68.0 Å². The number of hydrogen-bond donors (Lipinski definition) is 6. The van der Waals surface area contributed by atoms with Crippen molar-refractivity contribution in [2.45, 2.75) is 64.3 Å². The van der Waals surface area contributed by atoms with Crippen LogP contribution >= 0.6 is 0 Å². The molecule has 0 aromatic heterocycles. The summed E-state index contributed by atoms with van der Waals surface area (Å²) in [5, 5.41) is 59.6. The van der Waals surface area contributed by atoms with Crippen LogP contribution in [0.25, 0.3) is 0 Å². The van der Waals surface area contributed by atoms with Crippen molar-refractivity contribution in [2.75, 3.05) is 6.61 Å². The predicted molar refractivity (Wildman–Crippen MR) is 87.7 cm³/mol. The fourth-order valence-electron chi connectivity index (χ4n) is 3.08. The van der Waals surface area contributed by atoms with Crippen LogP contribution in [0.5, 0.6) is 17.2 Å². The molecule has 25 heavy (non-hydrogen) atoms. The van der Waals surface area contributed by atoms with Crippen LogP contribution in [0.15, 0.2) is 0 Å². The Labute approximate surface area is 145 Å². The quantitative estimate of drug-likeness (QED) is 0.443.